The van der Waals surface area contributed by atoms with Crippen molar-refractivity contribution in [2.45, 2.75) is 26.3 Å². The largest absolute Gasteiger partial charge is 0.356 e. The summed E-state index contributed by atoms with van der Waals surface area (Å²) in [5.74, 6) is 1.46. The summed E-state index contributed by atoms with van der Waals surface area (Å²) < 4.78 is 1.95. The number of nitrogens with zero attached hydrogens (tertiary/aromatic N) is 3. The average Bonchev–Trinajstić information content (AvgIpc) is 3.20. The third-order valence-corrected chi connectivity index (χ3v) is 4.29. The molecule has 0 bridgehead atoms. The summed E-state index contributed by atoms with van der Waals surface area (Å²) >= 11 is 1.82. The van der Waals surface area contributed by atoms with E-state index in [2.05, 4.69) is 45.2 Å². The van der Waals surface area contributed by atoms with Gasteiger partial charge in [0.25, 0.3) is 0 Å². The molecule has 0 saturated heterocycles. The van der Waals surface area contributed by atoms with Crippen molar-refractivity contribution in [2.75, 3.05) is 20.1 Å². The molecule has 0 aliphatic heterocycles. The number of halogens is 1. The van der Waals surface area contributed by atoms with Crippen molar-refractivity contribution in [3.8, 4) is 0 Å². The predicted molar refractivity (Wildman–Crippen MR) is 109 cm³/mol. The molecule has 0 amide bonds. The minimum atomic E-state index is 0. The van der Waals surface area contributed by atoms with E-state index in [4.69, 9.17) is 0 Å². The van der Waals surface area contributed by atoms with Crippen molar-refractivity contribution in [3.63, 3.8) is 0 Å². The molecule has 0 aromatic carbocycles. The van der Waals surface area contributed by atoms with Crippen LogP contribution in [0.2, 0.25) is 0 Å². The van der Waals surface area contributed by atoms with Crippen molar-refractivity contribution in [2.24, 2.45) is 10.9 Å². The lowest BCUT2D eigenvalue weighted by atomic mass is 10.1. The van der Waals surface area contributed by atoms with Gasteiger partial charge < -0.3 is 10.6 Å². The Bertz CT molecular complexity index is 539. The van der Waals surface area contributed by atoms with Crippen LogP contribution in [0.3, 0.4) is 0 Å². The first-order chi connectivity index (χ1) is 10.8. The zero-order chi connectivity index (χ0) is 15.6. The number of hydrogen-bond acceptors (Lipinski definition) is 3. The van der Waals surface area contributed by atoms with Gasteiger partial charge in [0, 0.05) is 44.0 Å². The highest BCUT2D eigenvalue weighted by atomic mass is 127. The topological polar surface area (TPSA) is 54.2 Å². The van der Waals surface area contributed by atoms with Crippen molar-refractivity contribution >= 4 is 41.3 Å². The minimum Gasteiger partial charge on any atom is -0.356 e. The van der Waals surface area contributed by atoms with Gasteiger partial charge in [0.1, 0.15) is 0 Å². The molecule has 0 radical (unpaired) electrons. The molecule has 0 aliphatic rings. The van der Waals surface area contributed by atoms with Gasteiger partial charge in [-0.2, -0.15) is 5.10 Å². The lowest BCUT2D eigenvalue weighted by Gasteiger charge is -2.15. The molecule has 2 aromatic rings. The molecule has 0 aliphatic carbocycles. The van der Waals surface area contributed by atoms with Crippen LogP contribution in [0.1, 0.15) is 18.2 Å². The van der Waals surface area contributed by atoms with Crippen LogP contribution < -0.4 is 10.6 Å². The lowest BCUT2D eigenvalue weighted by molar-refractivity contribution is 0.551. The molecule has 5 nitrogen and oxygen atoms in total. The summed E-state index contributed by atoms with van der Waals surface area (Å²) in [6.45, 7) is 5.00. The fraction of sp³-hybridized carbons (Fsp3) is 0.500. The minimum absolute atomic E-state index is 0. The Kier molecular flexibility index (Phi) is 9.93. The van der Waals surface area contributed by atoms with Gasteiger partial charge in [-0.15, -0.1) is 35.3 Å². The Morgan fingerprint density at radius 1 is 1.39 bits per heavy atom. The van der Waals surface area contributed by atoms with E-state index < -0.39 is 0 Å². The fourth-order valence-corrected chi connectivity index (χ4v) is 3.09. The molecule has 0 spiro atoms. The number of nitrogens with one attached hydrogen (secondary N) is 2. The monoisotopic (exact) mass is 447 g/mol. The third kappa shape index (κ3) is 7.83. The van der Waals surface area contributed by atoms with E-state index in [9.17, 15) is 0 Å². The van der Waals surface area contributed by atoms with E-state index in [1.807, 2.05) is 41.5 Å². The van der Waals surface area contributed by atoms with Gasteiger partial charge in [-0.05, 0) is 36.3 Å². The van der Waals surface area contributed by atoms with Gasteiger partial charge in [-0.3, -0.25) is 9.67 Å². The van der Waals surface area contributed by atoms with E-state index in [1.165, 1.54) is 4.88 Å². The maximum Gasteiger partial charge on any atom is 0.190 e. The van der Waals surface area contributed by atoms with E-state index in [0.717, 1.165) is 38.4 Å². The first-order valence-electron chi connectivity index (χ1n) is 7.72. The molecule has 2 N–H and O–H groups in total. The van der Waals surface area contributed by atoms with E-state index in [-0.39, 0.29) is 24.0 Å². The van der Waals surface area contributed by atoms with Crippen molar-refractivity contribution < 1.29 is 0 Å². The van der Waals surface area contributed by atoms with Crippen LogP contribution in [0.15, 0.2) is 41.0 Å². The maximum absolute atomic E-state index is 4.27. The highest BCUT2D eigenvalue weighted by Crippen LogP contribution is 2.13. The molecule has 23 heavy (non-hydrogen) atoms. The lowest BCUT2D eigenvalue weighted by Crippen LogP contribution is -2.40. The summed E-state index contributed by atoms with van der Waals surface area (Å²) in [5, 5.41) is 13.1. The summed E-state index contributed by atoms with van der Waals surface area (Å²) in [6.07, 6.45) is 5.93. The highest BCUT2D eigenvalue weighted by molar-refractivity contribution is 14.0. The molecule has 7 heteroatoms. The second-order valence-electron chi connectivity index (χ2n) is 5.39. The summed E-state index contributed by atoms with van der Waals surface area (Å²) in [7, 11) is 1.81. The molecule has 2 heterocycles. The molecule has 0 fully saturated rings. The molecule has 2 aromatic heterocycles. The van der Waals surface area contributed by atoms with Gasteiger partial charge in [0.05, 0.1) is 0 Å². The zero-order valence-electron chi connectivity index (χ0n) is 13.7. The van der Waals surface area contributed by atoms with Crippen molar-refractivity contribution in [3.05, 3.63) is 40.8 Å². The second-order valence-corrected chi connectivity index (χ2v) is 6.42. The number of aliphatic imine (C=N–C) groups is 1. The smallest absolute Gasteiger partial charge is 0.190 e. The second kappa shape index (κ2) is 11.4. The third-order valence-electron chi connectivity index (χ3n) is 3.39. The normalized spacial score (nSPS) is 12.5. The number of guanidine groups is 1. The first kappa shape index (κ1) is 20.0. The summed E-state index contributed by atoms with van der Waals surface area (Å²) in [5.41, 5.74) is 0. The van der Waals surface area contributed by atoms with Crippen LogP contribution >= 0.6 is 35.3 Å². The van der Waals surface area contributed by atoms with Gasteiger partial charge in [-0.25, -0.2) is 0 Å². The number of hydrogen-bond donors (Lipinski definition) is 2. The van der Waals surface area contributed by atoms with Crippen LogP contribution in [0.4, 0.5) is 0 Å². The molecular formula is C16H26IN5S. The molecule has 128 valence electrons. The molecular weight excluding hydrogens is 421 g/mol. The average molecular weight is 447 g/mol. The van der Waals surface area contributed by atoms with Crippen LogP contribution in [-0.2, 0) is 13.0 Å². The molecule has 1 unspecified atom stereocenters. The van der Waals surface area contributed by atoms with Crippen molar-refractivity contribution in [1.29, 1.82) is 0 Å². The van der Waals surface area contributed by atoms with Gasteiger partial charge in [0.15, 0.2) is 5.96 Å². The highest BCUT2D eigenvalue weighted by Gasteiger charge is 2.06. The van der Waals surface area contributed by atoms with Gasteiger partial charge in [0.2, 0.25) is 0 Å². The van der Waals surface area contributed by atoms with E-state index in [1.54, 1.807) is 0 Å². The SMILES string of the molecule is CN=C(NCCCn1cccn1)NCC(C)Cc1cccs1.I. The molecule has 2 rings (SSSR count). The summed E-state index contributed by atoms with van der Waals surface area (Å²) in [6, 6.07) is 6.26. The Hall–Kier alpha value is -1.09. The standard InChI is InChI=1S/C16H25N5S.HI/c1-14(12-15-6-3-11-22-15)13-19-16(17-2)18-7-4-9-21-10-5-8-20-21;/h3,5-6,8,10-11,14H,4,7,9,12-13H2,1-2H3,(H2,17,18,19);1H. The Morgan fingerprint density at radius 3 is 2.91 bits per heavy atom. The summed E-state index contributed by atoms with van der Waals surface area (Å²) in [4.78, 5) is 5.71. The van der Waals surface area contributed by atoms with Crippen LogP contribution in [0.5, 0.6) is 0 Å². The number of thiophene rings is 1. The Balaban J connectivity index is 0.00000264. The molecule has 0 saturated carbocycles. The maximum atomic E-state index is 4.27. The van der Waals surface area contributed by atoms with Crippen LogP contribution in [-0.4, -0.2) is 35.9 Å². The first-order valence-corrected chi connectivity index (χ1v) is 8.60. The number of aryl methyl sites for hydroxylation is 1. The van der Waals surface area contributed by atoms with E-state index >= 15 is 0 Å². The van der Waals surface area contributed by atoms with Crippen LogP contribution in [0, 0.1) is 5.92 Å². The Morgan fingerprint density at radius 2 is 2.26 bits per heavy atom. The predicted octanol–water partition coefficient (Wildman–Crippen LogP) is 3.00. The quantitative estimate of drug-likeness (QED) is 0.283. The van der Waals surface area contributed by atoms with Crippen LogP contribution in [0.25, 0.3) is 0 Å². The zero-order valence-corrected chi connectivity index (χ0v) is 16.9. The van der Waals surface area contributed by atoms with Gasteiger partial charge in [-0.1, -0.05) is 13.0 Å². The van der Waals surface area contributed by atoms with E-state index in [0.29, 0.717) is 5.92 Å². The van der Waals surface area contributed by atoms with Gasteiger partial charge >= 0.3 is 0 Å². The molecule has 1 atom stereocenters. The number of aromatic nitrogens is 2. The van der Waals surface area contributed by atoms with Crippen molar-refractivity contribution in [1.82, 2.24) is 20.4 Å². The Labute approximate surface area is 159 Å². The fourth-order valence-electron chi connectivity index (χ4n) is 2.22. The number of rotatable bonds is 8.